The molecule has 3 N–H and O–H groups in total. The fourth-order valence-electron chi connectivity index (χ4n) is 0.719. The molecule has 0 fully saturated rings. The summed E-state index contributed by atoms with van der Waals surface area (Å²) in [5, 5.41) is 7.23. The molecule has 0 aromatic rings. The van der Waals surface area contributed by atoms with Gasteiger partial charge in [0.25, 0.3) is 0 Å². The van der Waals surface area contributed by atoms with E-state index >= 15 is 0 Å². The van der Waals surface area contributed by atoms with Gasteiger partial charge >= 0.3 is 0 Å². The van der Waals surface area contributed by atoms with Crippen molar-refractivity contribution in [3.8, 4) is 0 Å². The van der Waals surface area contributed by atoms with Gasteiger partial charge in [0.1, 0.15) is 0 Å². The Balaban J connectivity index is 3.54. The lowest BCUT2D eigenvalue weighted by atomic mass is 10.4. The highest BCUT2D eigenvalue weighted by molar-refractivity contribution is 5.76. The average Bonchev–Trinajstić information content (AvgIpc) is 1.82. The van der Waals surface area contributed by atoms with Crippen molar-refractivity contribution in [2.24, 2.45) is 5.73 Å². The third kappa shape index (κ3) is 3.08. The molecular weight excluding hydrogens is 114 g/mol. The van der Waals surface area contributed by atoms with Gasteiger partial charge in [-0.3, -0.25) is 5.41 Å². The maximum Gasteiger partial charge on any atom is 0.0926 e. The lowest BCUT2D eigenvalue weighted by Crippen LogP contribution is -2.32. The minimum absolute atomic E-state index is 0.600. The summed E-state index contributed by atoms with van der Waals surface area (Å²) in [6.45, 7) is 6.11. The van der Waals surface area contributed by atoms with Gasteiger partial charge in [-0.2, -0.15) is 0 Å². The van der Waals surface area contributed by atoms with E-state index in [1.165, 1.54) is 0 Å². The minimum atomic E-state index is 0.600. The summed E-state index contributed by atoms with van der Waals surface area (Å²) in [5.41, 5.74) is 5.30. The molecule has 9 heavy (non-hydrogen) atoms. The van der Waals surface area contributed by atoms with Gasteiger partial charge in [0, 0.05) is 19.6 Å². The molecule has 0 rings (SSSR count). The van der Waals surface area contributed by atoms with Gasteiger partial charge in [0.15, 0.2) is 0 Å². The first-order chi connectivity index (χ1) is 4.22. The van der Waals surface area contributed by atoms with E-state index in [1.807, 2.05) is 11.8 Å². The molecular formula is C6H15N3. The number of rotatable bonds is 3. The average molecular weight is 129 g/mol. The zero-order valence-electron chi connectivity index (χ0n) is 6.15. The van der Waals surface area contributed by atoms with Crippen LogP contribution in [-0.2, 0) is 0 Å². The summed E-state index contributed by atoms with van der Waals surface area (Å²) >= 11 is 0. The zero-order valence-corrected chi connectivity index (χ0v) is 6.15. The zero-order chi connectivity index (χ0) is 7.28. The molecule has 0 aromatic heterocycles. The van der Waals surface area contributed by atoms with E-state index in [4.69, 9.17) is 11.1 Å². The van der Waals surface area contributed by atoms with E-state index in [-0.39, 0.29) is 0 Å². The van der Waals surface area contributed by atoms with Crippen LogP contribution < -0.4 is 5.73 Å². The Morgan fingerprint density at radius 1 is 1.67 bits per heavy atom. The smallest absolute Gasteiger partial charge is 0.0926 e. The number of amidine groups is 1. The Hall–Kier alpha value is -0.570. The second-order valence-corrected chi connectivity index (χ2v) is 1.95. The van der Waals surface area contributed by atoms with Gasteiger partial charge in [-0.15, -0.1) is 0 Å². The first-order valence-electron chi connectivity index (χ1n) is 3.22. The van der Waals surface area contributed by atoms with Crippen molar-refractivity contribution in [1.29, 1.82) is 5.41 Å². The normalized spacial score (nSPS) is 9.22. The van der Waals surface area contributed by atoms with Crippen molar-refractivity contribution in [2.75, 3.05) is 19.6 Å². The van der Waals surface area contributed by atoms with Crippen LogP contribution in [0.3, 0.4) is 0 Å². The fourth-order valence-corrected chi connectivity index (χ4v) is 0.719. The van der Waals surface area contributed by atoms with E-state index in [0.29, 0.717) is 12.4 Å². The maximum atomic E-state index is 7.23. The number of hydrogen-bond donors (Lipinski definition) is 2. The molecule has 54 valence electrons. The van der Waals surface area contributed by atoms with Crippen LogP contribution in [-0.4, -0.2) is 30.4 Å². The SMILES string of the molecule is CCN(CCN)C(C)=N. The highest BCUT2D eigenvalue weighted by Gasteiger charge is 1.98. The van der Waals surface area contributed by atoms with E-state index in [0.717, 1.165) is 13.1 Å². The van der Waals surface area contributed by atoms with Crippen LogP contribution in [0.2, 0.25) is 0 Å². The maximum absolute atomic E-state index is 7.23. The Kier molecular flexibility index (Phi) is 4.05. The molecule has 0 bridgehead atoms. The molecule has 0 aliphatic heterocycles. The summed E-state index contributed by atoms with van der Waals surface area (Å²) in [5.74, 6) is 0.600. The van der Waals surface area contributed by atoms with Crippen molar-refractivity contribution < 1.29 is 0 Å². The van der Waals surface area contributed by atoms with Crippen LogP contribution in [0.1, 0.15) is 13.8 Å². The van der Waals surface area contributed by atoms with Crippen LogP contribution in [0, 0.1) is 5.41 Å². The number of nitrogens with two attached hydrogens (primary N) is 1. The van der Waals surface area contributed by atoms with Gasteiger partial charge < -0.3 is 10.6 Å². The monoisotopic (exact) mass is 129 g/mol. The lowest BCUT2D eigenvalue weighted by Gasteiger charge is -2.19. The molecule has 3 nitrogen and oxygen atoms in total. The number of likely N-dealkylation sites (N-methyl/N-ethyl adjacent to an activating group) is 1. The quantitative estimate of drug-likeness (QED) is 0.424. The van der Waals surface area contributed by atoms with E-state index in [1.54, 1.807) is 6.92 Å². The van der Waals surface area contributed by atoms with Crippen LogP contribution in [0.5, 0.6) is 0 Å². The van der Waals surface area contributed by atoms with Crippen molar-refractivity contribution in [2.45, 2.75) is 13.8 Å². The fraction of sp³-hybridized carbons (Fsp3) is 0.833. The summed E-state index contributed by atoms with van der Waals surface area (Å²) in [4.78, 5) is 1.93. The highest BCUT2D eigenvalue weighted by atomic mass is 15.2. The van der Waals surface area contributed by atoms with E-state index in [9.17, 15) is 0 Å². The lowest BCUT2D eigenvalue weighted by molar-refractivity contribution is 0.446. The summed E-state index contributed by atoms with van der Waals surface area (Å²) in [6.07, 6.45) is 0. The second-order valence-electron chi connectivity index (χ2n) is 1.95. The summed E-state index contributed by atoms with van der Waals surface area (Å²) < 4.78 is 0. The van der Waals surface area contributed by atoms with Crippen molar-refractivity contribution >= 4 is 5.84 Å². The molecule has 3 heteroatoms. The summed E-state index contributed by atoms with van der Waals surface area (Å²) in [6, 6.07) is 0. The standard InChI is InChI=1S/C6H15N3/c1-3-9(5-4-7)6(2)8/h8H,3-5,7H2,1-2H3. The third-order valence-corrected chi connectivity index (χ3v) is 1.26. The molecule has 0 aliphatic rings. The Morgan fingerprint density at radius 2 is 2.22 bits per heavy atom. The molecule has 0 saturated carbocycles. The van der Waals surface area contributed by atoms with Gasteiger partial charge in [-0.25, -0.2) is 0 Å². The number of hydrogen-bond acceptors (Lipinski definition) is 2. The molecule has 0 aromatic carbocycles. The Bertz CT molecular complexity index is 90.3. The molecule has 0 amide bonds. The van der Waals surface area contributed by atoms with Crippen LogP contribution >= 0.6 is 0 Å². The first-order valence-corrected chi connectivity index (χ1v) is 3.22. The van der Waals surface area contributed by atoms with Crippen molar-refractivity contribution in [3.05, 3.63) is 0 Å². The van der Waals surface area contributed by atoms with E-state index < -0.39 is 0 Å². The topological polar surface area (TPSA) is 53.1 Å². The van der Waals surface area contributed by atoms with Crippen molar-refractivity contribution in [1.82, 2.24) is 4.90 Å². The predicted octanol–water partition coefficient (Wildman–Crippen LogP) is 0.264. The molecule has 0 unspecified atom stereocenters. The number of nitrogens with one attached hydrogen (secondary N) is 1. The van der Waals surface area contributed by atoms with Gasteiger partial charge in [0.05, 0.1) is 5.84 Å². The molecule has 0 radical (unpaired) electrons. The van der Waals surface area contributed by atoms with Crippen molar-refractivity contribution in [3.63, 3.8) is 0 Å². The Labute approximate surface area is 56.3 Å². The number of nitrogens with zero attached hydrogens (tertiary/aromatic N) is 1. The predicted molar refractivity (Wildman–Crippen MR) is 39.7 cm³/mol. The van der Waals surface area contributed by atoms with E-state index in [2.05, 4.69) is 0 Å². The van der Waals surface area contributed by atoms with Crippen LogP contribution in [0.4, 0.5) is 0 Å². The Morgan fingerprint density at radius 3 is 2.33 bits per heavy atom. The third-order valence-electron chi connectivity index (χ3n) is 1.26. The second kappa shape index (κ2) is 4.32. The highest BCUT2D eigenvalue weighted by Crippen LogP contribution is 1.85. The van der Waals surface area contributed by atoms with Gasteiger partial charge in [0.2, 0.25) is 0 Å². The minimum Gasteiger partial charge on any atom is -0.360 e. The largest absolute Gasteiger partial charge is 0.360 e. The molecule has 0 atom stereocenters. The van der Waals surface area contributed by atoms with Gasteiger partial charge in [-0.1, -0.05) is 0 Å². The first kappa shape index (κ1) is 8.43. The molecule has 0 saturated heterocycles. The van der Waals surface area contributed by atoms with Gasteiger partial charge in [-0.05, 0) is 13.8 Å². The molecule has 0 heterocycles. The molecule has 0 aliphatic carbocycles. The summed E-state index contributed by atoms with van der Waals surface area (Å²) in [7, 11) is 0. The molecule has 0 spiro atoms. The van der Waals surface area contributed by atoms with Crippen LogP contribution in [0.15, 0.2) is 0 Å². The van der Waals surface area contributed by atoms with Crippen LogP contribution in [0.25, 0.3) is 0 Å².